The maximum atomic E-state index is 14.5. The van der Waals surface area contributed by atoms with Crippen LogP contribution in [-0.4, -0.2) is 64.7 Å². The Morgan fingerprint density at radius 2 is 1.89 bits per heavy atom. The summed E-state index contributed by atoms with van der Waals surface area (Å²) in [5, 5.41) is 9.84. The van der Waals surface area contributed by atoms with Crippen LogP contribution in [0.4, 0.5) is 8.78 Å². The van der Waals surface area contributed by atoms with E-state index in [1.807, 2.05) is 14.0 Å². The summed E-state index contributed by atoms with van der Waals surface area (Å²) in [7, 11) is 1.95. The fraction of sp³-hybridized carbons (Fsp3) is 0.357. The molecule has 6 nitrogen and oxygen atoms in total. The summed E-state index contributed by atoms with van der Waals surface area (Å²) in [4.78, 5) is 21.7. The van der Waals surface area contributed by atoms with Gasteiger partial charge < -0.3 is 14.7 Å². The lowest BCUT2D eigenvalue weighted by atomic mass is 9.99. The third-order valence-corrected chi connectivity index (χ3v) is 6.56. The predicted molar refractivity (Wildman–Crippen MR) is 134 cm³/mol. The average molecular weight is 496 g/mol. The third kappa shape index (κ3) is 5.71. The Bertz CT molecular complexity index is 1200. The van der Waals surface area contributed by atoms with Crippen LogP contribution in [0.2, 0.25) is 0 Å². The number of amides is 1. The Labute approximate surface area is 210 Å². The van der Waals surface area contributed by atoms with Crippen LogP contribution < -0.4 is 4.74 Å². The number of carbonyl (C=O) groups excluding carboxylic acids is 1. The van der Waals surface area contributed by atoms with Crippen molar-refractivity contribution in [2.75, 3.05) is 26.7 Å². The molecule has 3 atom stereocenters. The van der Waals surface area contributed by atoms with E-state index < -0.39 is 11.9 Å². The minimum Gasteiger partial charge on any atom is -0.472 e. The maximum absolute atomic E-state index is 14.5. The molecule has 0 saturated carbocycles. The molecule has 4 rings (SSSR count). The third-order valence-electron chi connectivity index (χ3n) is 6.56. The van der Waals surface area contributed by atoms with E-state index in [9.17, 15) is 18.7 Å². The summed E-state index contributed by atoms with van der Waals surface area (Å²) in [6.45, 7) is 5.10. The van der Waals surface area contributed by atoms with Gasteiger partial charge in [0.2, 0.25) is 5.88 Å². The largest absolute Gasteiger partial charge is 0.472 e. The number of carbonyl (C=O) groups is 1. The van der Waals surface area contributed by atoms with Gasteiger partial charge in [-0.15, -0.1) is 0 Å². The van der Waals surface area contributed by atoms with Crippen LogP contribution in [0.15, 0.2) is 60.8 Å². The summed E-state index contributed by atoms with van der Waals surface area (Å²) >= 11 is 0. The second-order valence-corrected chi connectivity index (χ2v) is 9.50. The van der Waals surface area contributed by atoms with Crippen LogP contribution in [0.25, 0.3) is 11.1 Å². The van der Waals surface area contributed by atoms with Crippen molar-refractivity contribution in [1.82, 2.24) is 14.8 Å². The maximum Gasteiger partial charge on any atom is 0.259 e. The second kappa shape index (κ2) is 11.1. The topological polar surface area (TPSA) is 65.9 Å². The number of benzene rings is 2. The molecule has 2 aromatic carbocycles. The van der Waals surface area contributed by atoms with E-state index in [0.29, 0.717) is 30.8 Å². The summed E-state index contributed by atoms with van der Waals surface area (Å²) < 4.78 is 34.0. The van der Waals surface area contributed by atoms with Gasteiger partial charge in [0.15, 0.2) is 0 Å². The number of aliphatic hydroxyl groups excluding tert-OH is 1. The number of fused-ring (bicyclic) bond motifs is 1. The highest BCUT2D eigenvalue weighted by atomic mass is 19.1. The van der Waals surface area contributed by atoms with Gasteiger partial charge in [0, 0.05) is 42.9 Å². The van der Waals surface area contributed by atoms with E-state index in [1.165, 1.54) is 24.4 Å². The molecule has 1 N–H and O–H groups in total. The highest BCUT2D eigenvalue weighted by molar-refractivity contribution is 5.98. The number of likely N-dealkylation sites (N-methyl/N-ethyl adjacent to an activating group) is 1. The summed E-state index contributed by atoms with van der Waals surface area (Å²) in [6, 6.07) is 13.9. The fourth-order valence-electron chi connectivity index (χ4n) is 4.44. The molecule has 1 amide bonds. The summed E-state index contributed by atoms with van der Waals surface area (Å²) in [5.74, 6) is -0.893. The Morgan fingerprint density at radius 3 is 2.58 bits per heavy atom. The molecule has 8 heteroatoms. The molecule has 0 fully saturated rings. The van der Waals surface area contributed by atoms with Crippen molar-refractivity contribution in [3.05, 3.63) is 83.6 Å². The first-order valence-electron chi connectivity index (χ1n) is 12.0. The lowest BCUT2D eigenvalue weighted by Crippen LogP contribution is -2.49. The molecule has 0 bridgehead atoms. The highest BCUT2D eigenvalue weighted by Gasteiger charge is 2.34. The molecular weight excluding hydrogens is 464 g/mol. The van der Waals surface area contributed by atoms with Gasteiger partial charge >= 0.3 is 0 Å². The SMILES string of the molecule is C[C@@H]1CN([C@@H](C)CO)C(=O)c2cc(-c3ccccc3F)cnc2O[C@H]1CN(C)Cc1ccc(F)cc1. The molecule has 0 unspecified atom stereocenters. The van der Waals surface area contributed by atoms with Crippen molar-refractivity contribution in [1.29, 1.82) is 0 Å². The Kier molecular flexibility index (Phi) is 7.96. The van der Waals surface area contributed by atoms with Crippen LogP contribution in [0.5, 0.6) is 5.88 Å². The molecule has 0 radical (unpaired) electrons. The van der Waals surface area contributed by atoms with Crippen molar-refractivity contribution in [2.45, 2.75) is 32.5 Å². The standard InChI is InChI=1S/C28H31F2N3O3/c1-18-14-33(19(2)17-34)28(35)24-12-21(23-6-4-5-7-25(23)30)13-31-27(24)36-26(18)16-32(3)15-20-8-10-22(29)11-9-20/h4-13,18-19,26,34H,14-17H2,1-3H3/t18-,19+,26+/m1/s1. The lowest BCUT2D eigenvalue weighted by molar-refractivity contribution is 0.0325. The van der Waals surface area contributed by atoms with Crippen LogP contribution in [0, 0.1) is 17.6 Å². The lowest BCUT2D eigenvalue weighted by Gasteiger charge is -2.37. The zero-order valence-electron chi connectivity index (χ0n) is 20.7. The van der Waals surface area contributed by atoms with Crippen LogP contribution in [-0.2, 0) is 6.54 Å². The van der Waals surface area contributed by atoms with Crippen molar-refractivity contribution >= 4 is 5.91 Å². The van der Waals surface area contributed by atoms with Crippen molar-refractivity contribution in [2.24, 2.45) is 5.92 Å². The number of nitrogens with zero attached hydrogens (tertiary/aromatic N) is 3. The monoisotopic (exact) mass is 495 g/mol. The van der Waals surface area contributed by atoms with Gasteiger partial charge in [-0.3, -0.25) is 9.69 Å². The van der Waals surface area contributed by atoms with Crippen LogP contribution >= 0.6 is 0 Å². The number of aliphatic hydroxyl groups is 1. The zero-order valence-corrected chi connectivity index (χ0v) is 20.7. The van der Waals surface area contributed by atoms with Gasteiger partial charge in [-0.1, -0.05) is 37.3 Å². The number of aromatic nitrogens is 1. The molecule has 2 heterocycles. The molecule has 190 valence electrons. The second-order valence-electron chi connectivity index (χ2n) is 9.50. The van der Waals surface area contributed by atoms with Gasteiger partial charge in [0.05, 0.1) is 12.6 Å². The molecular formula is C28H31F2N3O3. The van der Waals surface area contributed by atoms with Crippen molar-refractivity contribution < 1.29 is 23.4 Å². The average Bonchev–Trinajstić information content (AvgIpc) is 2.87. The van der Waals surface area contributed by atoms with Gasteiger partial charge in [-0.25, -0.2) is 13.8 Å². The van der Waals surface area contributed by atoms with E-state index in [0.717, 1.165) is 5.56 Å². The van der Waals surface area contributed by atoms with E-state index in [4.69, 9.17) is 4.74 Å². The number of halogens is 2. The number of ether oxygens (including phenoxy) is 1. The minimum atomic E-state index is -0.416. The quantitative estimate of drug-likeness (QED) is 0.527. The molecule has 0 saturated heterocycles. The minimum absolute atomic E-state index is 0.0696. The van der Waals surface area contributed by atoms with Gasteiger partial charge in [-0.05, 0) is 43.8 Å². The molecule has 1 aliphatic rings. The molecule has 0 aliphatic carbocycles. The van der Waals surface area contributed by atoms with Crippen LogP contribution in [0.3, 0.4) is 0 Å². The fourth-order valence-corrected chi connectivity index (χ4v) is 4.44. The number of pyridine rings is 1. The number of rotatable bonds is 7. The first-order valence-corrected chi connectivity index (χ1v) is 12.0. The highest BCUT2D eigenvalue weighted by Crippen LogP contribution is 2.31. The molecule has 0 spiro atoms. The zero-order chi connectivity index (χ0) is 25.8. The Balaban J connectivity index is 1.66. The smallest absolute Gasteiger partial charge is 0.259 e. The van der Waals surface area contributed by atoms with E-state index in [1.54, 1.807) is 48.2 Å². The number of hydrogen-bond acceptors (Lipinski definition) is 5. The summed E-state index contributed by atoms with van der Waals surface area (Å²) in [5.41, 5.74) is 2.01. The van der Waals surface area contributed by atoms with Gasteiger partial charge in [0.25, 0.3) is 5.91 Å². The molecule has 1 aromatic heterocycles. The van der Waals surface area contributed by atoms with Crippen molar-refractivity contribution in [3.63, 3.8) is 0 Å². The first kappa shape index (κ1) is 25.7. The van der Waals surface area contributed by atoms with Crippen LogP contribution in [0.1, 0.15) is 29.8 Å². The number of hydrogen-bond donors (Lipinski definition) is 1. The van der Waals surface area contributed by atoms with E-state index >= 15 is 0 Å². The van der Waals surface area contributed by atoms with E-state index in [-0.39, 0.29) is 41.8 Å². The summed E-state index contributed by atoms with van der Waals surface area (Å²) in [6.07, 6.45) is 1.19. The normalized spacial score (nSPS) is 18.9. The Hall–Kier alpha value is -3.36. The van der Waals surface area contributed by atoms with E-state index in [2.05, 4.69) is 9.88 Å². The Morgan fingerprint density at radius 1 is 1.17 bits per heavy atom. The molecule has 3 aromatic rings. The van der Waals surface area contributed by atoms with Crippen molar-refractivity contribution in [3.8, 4) is 17.0 Å². The first-order chi connectivity index (χ1) is 17.3. The molecule has 36 heavy (non-hydrogen) atoms. The predicted octanol–water partition coefficient (Wildman–Crippen LogP) is 4.38. The van der Waals surface area contributed by atoms with Gasteiger partial charge in [0.1, 0.15) is 23.3 Å². The molecule has 1 aliphatic heterocycles. The van der Waals surface area contributed by atoms with Gasteiger partial charge in [-0.2, -0.15) is 0 Å².